The summed E-state index contributed by atoms with van der Waals surface area (Å²) in [4.78, 5) is 10.5. The number of rotatable bonds is 6. The standard InChI is InChI=1S/C51H37N3O/c1-51(2)42-24-12-9-21-40(42)47-43(51)28-29-52-48(47)37-31-35(33-16-5-3-6-17-33)30-36(32-37)39-23-15-26-45-49(39)53-50(41-22-11-14-27-46(41)55)54(45)44-25-13-10-20-38(44)34-18-7-4-8-19-34/h3-32,55H,1-2H3. The fourth-order valence-corrected chi connectivity index (χ4v) is 8.53. The fourth-order valence-electron chi connectivity index (χ4n) is 8.53. The molecule has 0 bridgehead atoms. The molecule has 55 heavy (non-hydrogen) atoms. The minimum Gasteiger partial charge on any atom is -0.507 e. The van der Waals surface area contributed by atoms with Crippen LogP contribution in [0.2, 0.25) is 0 Å². The van der Waals surface area contributed by atoms with Crippen LogP contribution in [0.5, 0.6) is 5.75 Å². The van der Waals surface area contributed by atoms with Crippen molar-refractivity contribution in [3.8, 4) is 78.6 Å². The van der Waals surface area contributed by atoms with Gasteiger partial charge in [0.25, 0.3) is 0 Å². The van der Waals surface area contributed by atoms with Crippen molar-refractivity contribution in [1.82, 2.24) is 14.5 Å². The monoisotopic (exact) mass is 707 g/mol. The lowest BCUT2D eigenvalue weighted by atomic mass is 9.82. The Morgan fingerprint density at radius 1 is 0.491 bits per heavy atom. The van der Waals surface area contributed by atoms with Gasteiger partial charge in [-0.3, -0.25) is 9.55 Å². The van der Waals surface area contributed by atoms with Crippen LogP contribution in [0.15, 0.2) is 182 Å². The highest BCUT2D eigenvalue weighted by molar-refractivity contribution is 5.99. The SMILES string of the molecule is CC1(C)c2ccccc2-c2c1ccnc2-c1cc(-c2ccccc2)cc(-c2cccc3c2nc(-c2ccccc2O)n3-c2ccccc2-c2ccccc2)c1. The number of phenolic OH excluding ortho intramolecular Hbond substituents is 1. The number of aromatic hydroxyl groups is 1. The molecule has 4 nitrogen and oxygen atoms in total. The molecule has 2 aromatic heterocycles. The summed E-state index contributed by atoms with van der Waals surface area (Å²) < 4.78 is 2.20. The Morgan fingerprint density at radius 2 is 1.11 bits per heavy atom. The molecular formula is C51H37N3O. The summed E-state index contributed by atoms with van der Waals surface area (Å²) in [6.07, 6.45) is 1.96. The molecule has 7 aromatic carbocycles. The molecule has 0 radical (unpaired) electrons. The van der Waals surface area contributed by atoms with E-state index in [1.807, 2.05) is 30.5 Å². The van der Waals surface area contributed by atoms with Gasteiger partial charge in [0.2, 0.25) is 0 Å². The molecule has 0 unspecified atom stereocenters. The summed E-state index contributed by atoms with van der Waals surface area (Å²) >= 11 is 0. The zero-order chi connectivity index (χ0) is 37.1. The maximum absolute atomic E-state index is 11.3. The Kier molecular flexibility index (Phi) is 7.60. The molecule has 10 rings (SSSR count). The van der Waals surface area contributed by atoms with Crippen LogP contribution in [0.1, 0.15) is 25.0 Å². The van der Waals surface area contributed by atoms with Crippen LogP contribution in [0.3, 0.4) is 0 Å². The first-order chi connectivity index (χ1) is 27.0. The smallest absolute Gasteiger partial charge is 0.149 e. The van der Waals surface area contributed by atoms with Gasteiger partial charge in [-0.2, -0.15) is 0 Å². The van der Waals surface area contributed by atoms with E-state index in [1.54, 1.807) is 6.07 Å². The number of hydrogen-bond acceptors (Lipinski definition) is 3. The topological polar surface area (TPSA) is 50.9 Å². The number of hydrogen-bond donors (Lipinski definition) is 1. The van der Waals surface area contributed by atoms with Crippen molar-refractivity contribution >= 4 is 11.0 Å². The van der Waals surface area contributed by atoms with Gasteiger partial charge >= 0.3 is 0 Å². The van der Waals surface area contributed by atoms with Crippen LogP contribution in [-0.2, 0) is 5.41 Å². The lowest BCUT2D eigenvalue weighted by Gasteiger charge is -2.21. The van der Waals surface area contributed by atoms with Crippen LogP contribution in [0.4, 0.5) is 0 Å². The Labute approximate surface area is 320 Å². The van der Waals surface area contributed by atoms with E-state index in [0.717, 1.165) is 61.4 Å². The van der Waals surface area contributed by atoms with Crippen LogP contribution in [0.25, 0.3) is 83.9 Å². The van der Waals surface area contributed by atoms with Gasteiger partial charge in [0.15, 0.2) is 0 Å². The van der Waals surface area contributed by atoms with Crippen LogP contribution in [0, 0.1) is 0 Å². The predicted molar refractivity (Wildman–Crippen MR) is 225 cm³/mol. The Balaban J connectivity index is 1.25. The summed E-state index contributed by atoms with van der Waals surface area (Å²) in [5.41, 5.74) is 16.8. The zero-order valence-electron chi connectivity index (χ0n) is 30.6. The summed E-state index contributed by atoms with van der Waals surface area (Å²) in [5.74, 6) is 0.850. The lowest BCUT2D eigenvalue weighted by molar-refractivity contribution is 0.477. The normalized spacial score (nSPS) is 12.8. The highest BCUT2D eigenvalue weighted by Gasteiger charge is 2.37. The molecule has 0 aliphatic heterocycles. The third kappa shape index (κ3) is 5.29. The first-order valence-electron chi connectivity index (χ1n) is 18.7. The van der Waals surface area contributed by atoms with Gasteiger partial charge in [-0.1, -0.05) is 141 Å². The zero-order valence-corrected chi connectivity index (χ0v) is 30.6. The number of para-hydroxylation sites is 3. The molecule has 0 amide bonds. The Bertz CT molecular complexity index is 2910. The number of nitrogens with zero attached hydrogens (tertiary/aromatic N) is 3. The van der Waals surface area contributed by atoms with Crippen molar-refractivity contribution in [3.63, 3.8) is 0 Å². The average Bonchev–Trinajstić information content (AvgIpc) is 3.74. The largest absolute Gasteiger partial charge is 0.507 e. The maximum Gasteiger partial charge on any atom is 0.149 e. The van der Waals surface area contributed by atoms with Crippen molar-refractivity contribution in [1.29, 1.82) is 0 Å². The molecule has 0 saturated carbocycles. The highest BCUT2D eigenvalue weighted by atomic mass is 16.3. The van der Waals surface area contributed by atoms with Crippen molar-refractivity contribution in [2.75, 3.05) is 0 Å². The van der Waals surface area contributed by atoms with Crippen molar-refractivity contribution in [2.45, 2.75) is 19.3 Å². The van der Waals surface area contributed by atoms with Crippen LogP contribution in [-0.4, -0.2) is 19.6 Å². The first kappa shape index (κ1) is 32.6. The second-order valence-corrected chi connectivity index (χ2v) is 14.8. The minimum absolute atomic E-state index is 0.142. The molecular weight excluding hydrogens is 671 g/mol. The van der Waals surface area contributed by atoms with Crippen molar-refractivity contribution in [2.24, 2.45) is 0 Å². The second-order valence-electron chi connectivity index (χ2n) is 14.8. The molecule has 1 aliphatic rings. The van der Waals surface area contributed by atoms with Crippen molar-refractivity contribution in [3.05, 3.63) is 193 Å². The van der Waals surface area contributed by atoms with Crippen molar-refractivity contribution < 1.29 is 5.11 Å². The summed E-state index contributed by atoms with van der Waals surface area (Å²) in [5, 5.41) is 11.3. The number of benzene rings is 7. The Morgan fingerprint density at radius 3 is 1.89 bits per heavy atom. The maximum atomic E-state index is 11.3. The predicted octanol–water partition coefficient (Wildman–Crippen LogP) is 12.8. The lowest BCUT2D eigenvalue weighted by Crippen LogP contribution is -2.14. The van der Waals surface area contributed by atoms with E-state index in [9.17, 15) is 5.11 Å². The quantitative estimate of drug-likeness (QED) is 0.187. The number of aromatic nitrogens is 3. The molecule has 0 spiro atoms. The summed E-state index contributed by atoms with van der Waals surface area (Å²) in [7, 11) is 0. The third-order valence-corrected chi connectivity index (χ3v) is 11.2. The van der Waals surface area contributed by atoms with E-state index in [-0.39, 0.29) is 11.2 Å². The number of phenols is 1. The van der Waals surface area contributed by atoms with Gasteiger partial charge in [0, 0.05) is 33.9 Å². The fraction of sp³-hybridized carbons (Fsp3) is 0.0588. The average molecular weight is 708 g/mol. The molecule has 0 atom stereocenters. The first-order valence-corrected chi connectivity index (χ1v) is 18.7. The minimum atomic E-state index is -0.142. The molecule has 2 heterocycles. The van der Waals surface area contributed by atoms with E-state index in [0.29, 0.717) is 11.4 Å². The van der Waals surface area contributed by atoms with Gasteiger partial charge in [0.05, 0.1) is 28.0 Å². The van der Waals surface area contributed by atoms with E-state index < -0.39 is 0 Å². The molecule has 1 aliphatic carbocycles. The highest BCUT2D eigenvalue weighted by Crippen LogP contribution is 2.52. The molecule has 9 aromatic rings. The van der Waals surface area contributed by atoms with Crippen LogP contribution >= 0.6 is 0 Å². The molecule has 0 fully saturated rings. The number of fused-ring (bicyclic) bond motifs is 4. The van der Waals surface area contributed by atoms with E-state index in [2.05, 4.69) is 164 Å². The molecule has 4 heteroatoms. The van der Waals surface area contributed by atoms with E-state index in [1.165, 1.54) is 22.3 Å². The Hall–Kier alpha value is -7.04. The molecule has 1 N–H and O–H groups in total. The van der Waals surface area contributed by atoms with E-state index in [4.69, 9.17) is 9.97 Å². The van der Waals surface area contributed by atoms with Crippen LogP contribution < -0.4 is 0 Å². The second kappa shape index (κ2) is 12.8. The van der Waals surface area contributed by atoms with E-state index >= 15 is 0 Å². The molecule has 262 valence electrons. The van der Waals surface area contributed by atoms with Gasteiger partial charge in [-0.15, -0.1) is 0 Å². The van der Waals surface area contributed by atoms with Gasteiger partial charge in [-0.25, -0.2) is 4.98 Å². The molecule has 0 saturated heterocycles. The van der Waals surface area contributed by atoms with Gasteiger partial charge < -0.3 is 5.11 Å². The summed E-state index contributed by atoms with van der Waals surface area (Å²) in [6, 6.07) is 61.0. The van der Waals surface area contributed by atoms with Gasteiger partial charge in [0.1, 0.15) is 11.6 Å². The number of pyridine rings is 1. The third-order valence-electron chi connectivity index (χ3n) is 11.2. The summed E-state index contributed by atoms with van der Waals surface area (Å²) in [6.45, 7) is 4.62. The van der Waals surface area contributed by atoms with Gasteiger partial charge in [-0.05, 0) is 87.5 Å². The number of imidazole rings is 1.